The molecule has 2 aromatic carbocycles. The summed E-state index contributed by atoms with van der Waals surface area (Å²) in [7, 11) is 0. The number of hydrogen-bond donors (Lipinski definition) is 1. The smallest absolute Gasteiger partial charge is 0.230 e. The highest BCUT2D eigenvalue weighted by molar-refractivity contribution is 6.31. The van der Waals surface area contributed by atoms with Crippen LogP contribution in [0.1, 0.15) is 17.7 Å². The van der Waals surface area contributed by atoms with E-state index in [9.17, 15) is 9.18 Å². The number of amides is 1. The van der Waals surface area contributed by atoms with Gasteiger partial charge in [0.2, 0.25) is 5.91 Å². The number of aryl methyl sites for hydroxylation is 1. The van der Waals surface area contributed by atoms with Crippen LogP contribution in [0.25, 0.3) is 11.1 Å². The van der Waals surface area contributed by atoms with Crippen molar-refractivity contribution in [3.8, 4) is 11.1 Å². The average Bonchev–Trinajstić information content (AvgIpc) is 2.81. The van der Waals surface area contributed by atoms with Crippen LogP contribution in [0.4, 0.5) is 15.8 Å². The molecule has 0 radical (unpaired) electrons. The molecule has 1 aliphatic heterocycles. The highest BCUT2D eigenvalue weighted by Gasteiger charge is 2.19. The molecule has 1 aliphatic rings. The van der Waals surface area contributed by atoms with E-state index in [2.05, 4.69) is 15.3 Å². The number of hydrogen-bond acceptors (Lipinski definition) is 3. The van der Waals surface area contributed by atoms with E-state index in [0.29, 0.717) is 17.1 Å². The van der Waals surface area contributed by atoms with E-state index in [1.807, 2.05) is 49.5 Å². The highest BCUT2D eigenvalue weighted by atomic mass is 35.5. The fourth-order valence-corrected chi connectivity index (χ4v) is 3.11. The summed E-state index contributed by atoms with van der Waals surface area (Å²) in [6, 6.07) is 14.3. The molecule has 3 aromatic rings. The minimum atomic E-state index is -0.575. The Balaban J connectivity index is 1.79. The second-order valence-electron chi connectivity index (χ2n) is 6.34. The summed E-state index contributed by atoms with van der Waals surface area (Å²) in [6.45, 7) is 1.93. The first kappa shape index (κ1) is 17.4. The highest BCUT2D eigenvalue weighted by Crippen LogP contribution is 2.34. The first-order valence-corrected chi connectivity index (χ1v) is 8.77. The van der Waals surface area contributed by atoms with E-state index < -0.39 is 5.82 Å². The molecule has 0 atom stereocenters. The molecule has 0 saturated heterocycles. The number of rotatable bonds is 2. The minimum absolute atomic E-state index is 0.0541. The second kappa shape index (κ2) is 6.93. The lowest BCUT2D eigenvalue weighted by molar-refractivity contribution is -0.115. The monoisotopic (exact) mass is 379 g/mol. The van der Waals surface area contributed by atoms with Crippen molar-refractivity contribution in [2.75, 3.05) is 5.32 Å². The minimum Gasteiger partial charge on any atom is -0.324 e. The normalized spacial score (nSPS) is 13.4. The van der Waals surface area contributed by atoms with Gasteiger partial charge in [0.15, 0.2) is 0 Å². The van der Waals surface area contributed by atoms with Gasteiger partial charge < -0.3 is 5.32 Å². The Morgan fingerprint density at radius 1 is 1.07 bits per heavy atom. The van der Waals surface area contributed by atoms with Gasteiger partial charge in [0, 0.05) is 23.5 Å². The van der Waals surface area contributed by atoms with Gasteiger partial charge in [-0.25, -0.2) is 9.38 Å². The van der Waals surface area contributed by atoms with E-state index in [1.54, 1.807) is 0 Å². The van der Waals surface area contributed by atoms with Gasteiger partial charge in [0.1, 0.15) is 5.82 Å². The van der Waals surface area contributed by atoms with E-state index in [-0.39, 0.29) is 17.4 Å². The third-order valence-electron chi connectivity index (χ3n) is 4.34. The summed E-state index contributed by atoms with van der Waals surface area (Å²) >= 11 is 5.82. The van der Waals surface area contributed by atoms with Crippen LogP contribution in [0.2, 0.25) is 5.02 Å². The zero-order chi connectivity index (χ0) is 19.0. The van der Waals surface area contributed by atoms with Crippen molar-refractivity contribution in [3.05, 3.63) is 76.8 Å². The number of nitrogens with one attached hydrogen (secondary N) is 1. The van der Waals surface area contributed by atoms with Crippen molar-refractivity contribution in [1.29, 1.82) is 0 Å². The fourth-order valence-electron chi connectivity index (χ4n) is 2.94. The molecule has 0 bridgehead atoms. The van der Waals surface area contributed by atoms with Crippen LogP contribution >= 0.6 is 11.6 Å². The van der Waals surface area contributed by atoms with Crippen LogP contribution in [0.3, 0.4) is 0 Å². The Morgan fingerprint density at radius 3 is 2.67 bits per heavy atom. The lowest BCUT2D eigenvalue weighted by Crippen LogP contribution is -2.15. The number of carbonyl (C=O) groups excluding carboxylic acids is 1. The summed E-state index contributed by atoms with van der Waals surface area (Å²) in [5, 5.41) is 2.67. The number of nitrogens with zero attached hydrogens (tertiary/aromatic N) is 2. The van der Waals surface area contributed by atoms with Crippen molar-refractivity contribution in [1.82, 2.24) is 4.98 Å². The average molecular weight is 380 g/mol. The third kappa shape index (κ3) is 3.59. The maximum absolute atomic E-state index is 13.9. The maximum atomic E-state index is 13.9. The summed E-state index contributed by atoms with van der Waals surface area (Å²) in [5.41, 5.74) is 4.99. The molecule has 4 nitrogen and oxygen atoms in total. The van der Waals surface area contributed by atoms with E-state index >= 15 is 0 Å². The van der Waals surface area contributed by atoms with Crippen LogP contribution in [-0.2, 0) is 4.79 Å². The molecule has 134 valence electrons. The molecule has 0 saturated carbocycles. The zero-order valence-electron chi connectivity index (χ0n) is 14.5. The van der Waals surface area contributed by atoms with Crippen LogP contribution in [0, 0.1) is 12.7 Å². The largest absolute Gasteiger partial charge is 0.324 e. The molecular weight excluding hydrogens is 365 g/mol. The Kier molecular flexibility index (Phi) is 4.46. The summed E-state index contributed by atoms with van der Waals surface area (Å²) in [4.78, 5) is 21.1. The first-order chi connectivity index (χ1) is 13.0. The van der Waals surface area contributed by atoms with Crippen LogP contribution < -0.4 is 5.32 Å². The zero-order valence-corrected chi connectivity index (χ0v) is 15.2. The van der Waals surface area contributed by atoms with Crippen LogP contribution in [0.15, 0.2) is 59.7 Å². The molecule has 4 rings (SSSR count). The fraction of sp³-hybridized carbons (Fsp3) is 0.0952. The molecular formula is C21H15ClFN3O. The molecule has 0 spiro atoms. The first-order valence-electron chi connectivity index (χ1n) is 8.39. The number of aromatic nitrogens is 1. The van der Waals surface area contributed by atoms with Crippen molar-refractivity contribution in [2.45, 2.75) is 13.3 Å². The number of aliphatic imine (C=N–C) groups is 1. The molecule has 0 unspecified atom stereocenters. The van der Waals surface area contributed by atoms with Gasteiger partial charge in [-0.15, -0.1) is 0 Å². The SMILES string of the molecule is Cc1ccc(-c2cccc(C3=Nc4cc(F)c(Cl)cc4NC(=O)C3)c2)cn1. The number of carbonyl (C=O) groups is 1. The Bertz CT molecular complexity index is 1080. The van der Waals surface area contributed by atoms with Gasteiger partial charge in [-0.3, -0.25) is 9.78 Å². The molecule has 2 heterocycles. The van der Waals surface area contributed by atoms with E-state index in [4.69, 9.17) is 11.6 Å². The standard InChI is InChI=1S/C21H15ClFN3O/c1-12-5-6-15(11-24-12)13-3-2-4-14(7-13)18-10-21(27)26-19-8-16(22)17(23)9-20(19)25-18/h2-9,11H,10H2,1H3,(H,26,27). The quantitative estimate of drug-likeness (QED) is 0.655. The van der Waals surface area contributed by atoms with Gasteiger partial charge in [0.05, 0.1) is 28.5 Å². The van der Waals surface area contributed by atoms with Gasteiger partial charge in [-0.05, 0) is 36.2 Å². The van der Waals surface area contributed by atoms with Crippen LogP contribution in [-0.4, -0.2) is 16.6 Å². The number of pyridine rings is 1. The predicted octanol–water partition coefficient (Wildman–Crippen LogP) is 5.31. The summed E-state index contributed by atoms with van der Waals surface area (Å²) in [5.74, 6) is -0.799. The molecule has 27 heavy (non-hydrogen) atoms. The second-order valence-corrected chi connectivity index (χ2v) is 6.74. The lowest BCUT2D eigenvalue weighted by atomic mass is 10.0. The van der Waals surface area contributed by atoms with Crippen molar-refractivity contribution in [2.24, 2.45) is 4.99 Å². The summed E-state index contributed by atoms with van der Waals surface area (Å²) < 4.78 is 13.9. The van der Waals surface area contributed by atoms with Gasteiger partial charge in [-0.2, -0.15) is 0 Å². The number of halogens is 2. The number of fused-ring (bicyclic) bond motifs is 1. The van der Waals surface area contributed by atoms with Crippen molar-refractivity contribution < 1.29 is 9.18 Å². The molecule has 1 aromatic heterocycles. The number of anilines is 1. The molecule has 0 aliphatic carbocycles. The predicted molar refractivity (Wildman–Crippen MR) is 105 cm³/mol. The number of benzene rings is 2. The topological polar surface area (TPSA) is 54.4 Å². The molecule has 0 fully saturated rings. The Morgan fingerprint density at radius 2 is 1.89 bits per heavy atom. The van der Waals surface area contributed by atoms with Gasteiger partial charge in [-0.1, -0.05) is 35.9 Å². The van der Waals surface area contributed by atoms with Crippen molar-refractivity contribution >= 4 is 34.6 Å². The van der Waals surface area contributed by atoms with E-state index in [0.717, 1.165) is 22.4 Å². The Hall–Kier alpha value is -3.05. The summed E-state index contributed by atoms with van der Waals surface area (Å²) in [6.07, 6.45) is 1.90. The molecule has 6 heteroatoms. The van der Waals surface area contributed by atoms with Gasteiger partial charge in [0.25, 0.3) is 0 Å². The van der Waals surface area contributed by atoms with Crippen molar-refractivity contribution in [3.63, 3.8) is 0 Å². The maximum Gasteiger partial charge on any atom is 0.230 e. The lowest BCUT2D eigenvalue weighted by Gasteiger charge is -2.07. The van der Waals surface area contributed by atoms with Gasteiger partial charge >= 0.3 is 0 Å². The Labute approximate surface area is 160 Å². The third-order valence-corrected chi connectivity index (χ3v) is 4.63. The van der Waals surface area contributed by atoms with E-state index in [1.165, 1.54) is 12.1 Å². The molecule has 1 amide bonds. The molecule has 1 N–H and O–H groups in total. The van der Waals surface area contributed by atoms with Crippen LogP contribution in [0.5, 0.6) is 0 Å².